The van der Waals surface area contributed by atoms with Crippen LogP contribution >= 0.6 is 0 Å². The van der Waals surface area contributed by atoms with E-state index in [0.717, 1.165) is 0 Å². The third-order valence-corrected chi connectivity index (χ3v) is 7.48. The van der Waals surface area contributed by atoms with Crippen molar-refractivity contribution in [1.82, 2.24) is 30.4 Å². The summed E-state index contributed by atoms with van der Waals surface area (Å²) < 4.78 is 40.4. The minimum atomic E-state index is -5.17. The van der Waals surface area contributed by atoms with Crippen LogP contribution in [0.4, 0.5) is 13.2 Å². The summed E-state index contributed by atoms with van der Waals surface area (Å²) in [6.45, 7) is 8.68. The maximum absolute atomic E-state index is 13.6. The van der Waals surface area contributed by atoms with E-state index in [1.807, 2.05) is 25.2 Å². The lowest BCUT2D eigenvalue weighted by Crippen LogP contribution is -2.60. The molecule has 2 N–H and O–H groups in total. The van der Waals surface area contributed by atoms with Crippen molar-refractivity contribution in [2.45, 2.75) is 58.9 Å². The van der Waals surface area contributed by atoms with Crippen molar-refractivity contribution < 1.29 is 27.6 Å². The fourth-order valence-corrected chi connectivity index (χ4v) is 5.27. The van der Waals surface area contributed by atoms with Crippen LogP contribution in [0.2, 0.25) is 0 Å². The van der Waals surface area contributed by atoms with E-state index < -0.39 is 47.4 Å². The van der Waals surface area contributed by atoms with Crippen LogP contribution in [0.25, 0.3) is 5.52 Å². The number of amides is 3. The van der Waals surface area contributed by atoms with E-state index in [1.54, 1.807) is 18.3 Å². The van der Waals surface area contributed by atoms with Gasteiger partial charge in [-0.3, -0.25) is 14.4 Å². The summed E-state index contributed by atoms with van der Waals surface area (Å²) in [5.41, 5.74) is -0.200. The number of pyridine rings is 1. The number of rotatable bonds is 5. The Hall–Kier alpha value is -3.69. The predicted octanol–water partition coefficient (Wildman–Crippen LogP) is 1.99. The standard InChI is InChI=1S/C24H28F3N7O3/c1-22(2,3)18(31-21(37)24(25,26)27)20(36)33-11-14-16(23(14,4)5)17(33)19(35)30-15(8-28)12-6-7-13-9-29-32-34(13)10-12/h6-7,9-10,14-18H,11H2,1-5H3,(H,30,35)(H,31,37)/t14-,15?,16-,17-,18+/m0/s1. The molecular formula is C24H28F3N7O3. The highest BCUT2D eigenvalue weighted by molar-refractivity contribution is 5.95. The molecule has 2 aliphatic rings. The largest absolute Gasteiger partial charge is 0.471 e. The highest BCUT2D eigenvalue weighted by Crippen LogP contribution is 2.65. The molecule has 2 aromatic heterocycles. The molecule has 13 heteroatoms. The minimum absolute atomic E-state index is 0.0434. The van der Waals surface area contributed by atoms with Crippen molar-refractivity contribution in [1.29, 1.82) is 5.26 Å². The first-order valence-electron chi connectivity index (χ1n) is 11.8. The van der Waals surface area contributed by atoms with E-state index >= 15 is 0 Å². The van der Waals surface area contributed by atoms with Gasteiger partial charge in [-0.2, -0.15) is 18.4 Å². The summed E-state index contributed by atoms with van der Waals surface area (Å²) >= 11 is 0. The van der Waals surface area contributed by atoms with Gasteiger partial charge >= 0.3 is 12.1 Å². The van der Waals surface area contributed by atoms with Crippen LogP contribution in [-0.2, 0) is 14.4 Å². The maximum atomic E-state index is 13.6. The Kier molecular flexibility index (Phi) is 6.21. The van der Waals surface area contributed by atoms with E-state index in [0.29, 0.717) is 11.1 Å². The lowest BCUT2D eigenvalue weighted by Gasteiger charge is -2.37. The van der Waals surface area contributed by atoms with Crippen LogP contribution < -0.4 is 10.6 Å². The zero-order chi connectivity index (χ0) is 27.5. The number of hydrogen-bond donors (Lipinski definition) is 2. The van der Waals surface area contributed by atoms with Crippen LogP contribution in [0.15, 0.2) is 24.5 Å². The van der Waals surface area contributed by atoms with Crippen LogP contribution in [0.5, 0.6) is 0 Å². The van der Waals surface area contributed by atoms with Gasteiger partial charge in [-0.25, -0.2) is 4.52 Å². The first-order valence-corrected chi connectivity index (χ1v) is 11.8. The van der Waals surface area contributed by atoms with Gasteiger partial charge in [0.15, 0.2) is 0 Å². The Morgan fingerprint density at radius 3 is 2.46 bits per heavy atom. The minimum Gasteiger partial charge on any atom is -0.336 e. The molecular weight excluding hydrogens is 491 g/mol. The van der Waals surface area contributed by atoms with Crippen LogP contribution in [-0.4, -0.2) is 62.3 Å². The highest BCUT2D eigenvalue weighted by atomic mass is 19.4. The normalized spacial score (nSPS) is 24.1. The molecule has 198 valence electrons. The summed E-state index contributed by atoms with van der Waals surface area (Å²) in [4.78, 5) is 40.1. The maximum Gasteiger partial charge on any atom is 0.471 e. The van der Waals surface area contributed by atoms with Crippen molar-refractivity contribution >= 4 is 23.2 Å². The molecule has 0 aromatic carbocycles. The molecule has 5 atom stereocenters. The number of alkyl halides is 3. The summed E-state index contributed by atoms with van der Waals surface area (Å²) in [7, 11) is 0. The number of carbonyl (C=O) groups is 3. The van der Waals surface area contributed by atoms with Gasteiger partial charge in [0.05, 0.1) is 17.8 Å². The molecule has 0 radical (unpaired) electrons. The van der Waals surface area contributed by atoms with Gasteiger partial charge < -0.3 is 15.5 Å². The number of nitriles is 1. The van der Waals surface area contributed by atoms with E-state index in [9.17, 15) is 32.8 Å². The lowest BCUT2D eigenvalue weighted by atomic mass is 9.85. The third kappa shape index (κ3) is 4.72. The number of halogens is 3. The van der Waals surface area contributed by atoms with E-state index in [4.69, 9.17) is 0 Å². The average Bonchev–Trinajstić information content (AvgIpc) is 3.21. The Morgan fingerprint density at radius 1 is 1.19 bits per heavy atom. The Bertz CT molecular complexity index is 1290. The monoisotopic (exact) mass is 519 g/mol. The molecule has 3 heterocycles. The highest BCUT2D eigenvalue weighted by Gasteiger charge is 2.70. The van der Waals surface area contributed by atoms with E-state index in [1.165, 1.54) is 36.4 Å². The van der Waals surface area contributed by atoms with Gasteiger partial charge in [0.2, 0.25) is 11.8 Å². The summed E-state index contributed by atoms with van der Waals surface area (Å²) in [6, 6.07) is 1.78. The molecule has 0 bridgehead atoms. The Balaban J connectivity index is 1.60. The van der Waals surface area contributed by atoms with Gasteiger partial charge in [0.25, 0.3) is 0 Å². The van der Waals surface area contributed by atoms with Gasteiger partial charge in [-0.15, -0.1) is 5.10 Å². The summed E-state index contributed by atoms with van der Waals surface area (Å²) in [5, 5.41) is 21.9. The molecule has 1 saturated heterocycles. The van der Waals surface area contributed by atoms with Crippen molar-refractivity contribution in [3.05, 3.63) is 30.1 Å². The smallest absolute Gasteiger partial charge is 0.336 e. The Labute approximate surface area is 211 Å². The van der Waals surface area contributed by atoms with Crippen molar-refractivity contribution in [2.75, 3.05) is 6.54 Å². The topological polar surface area (TPSA) is 132 Å². The SMILES string of the molecule is CC(C)(C)[C@H](NC(=O)C(F)(F)F)C(=O)N1C[C@H]2[C@@H]([C@H]1C(=O)NC(C#N)c1ccc3cnnn3c1)C2(C)C. The molecule has 1 aliphatic carbocycles. The molecule has 3 amide bonds. The number of fused-ring (bicyclic) bond motifs is 2. The van der Waals surface area contributed by atoms with Crippen molar-refractivity contribution in [3.63, 3.8) is 0 Å². The lowest BCUT2D eigenvalue weighted by molar-refractivity contribution is -0.176. The van der Waals surface area contributed by atoms with Crippen LogP contribution in [0.1, 0.15) is 46.2 Å². The van der Waals surface area contributed by atoms with Crippen molar-refractivity contribution in [2.24, 2.45) is 22.7 Å². The van der Waals surface area contributed by atoms with Crippen LogP contribution in [0.3, 0.4) is 0 Å². The first kappa shape index (κ1) is 26.4. The van der Waals surface area contributed by atoms with E-state index in [-0.39, 0.29) is 23.8 Å². The molecule has 1 unspecified atom stereocenters. The molecule has 1 aliphatic heterocycles. The average molecular weight is 520 g/mol. The number of nitrogens with zero attached hydrogens (tertiary/aromatic N) is 5. The third-order valence-electron chi connectivity index (χ3n) is 7.48. The van der Waals surface area contributed by atoms with Gasteiger partial charge in [0, 0.05) is 18.3 Å². The quantitative estimate of drug-likeness (QED) is 0.621. The fourth-order valence-electron chi connectivity index (χ4n) is 5.27. The second kappa shape index (κ2) is 8.71. The molecule has 0 spiro atoms. The number of hydrogen-bond acceptors (Lipinski definition) is 6. The second-order valence-corrected chi connectivity index (χ2v) is 11.3. The molecule has 10 nitrogen and oxygen atoms in total. The van der Waals surface area contributed by atoms with Crippen LogP contribution in [0, 0.1) is 34.0 Å². The first-order chi connectivity index (χ1) is 17.1. The second-order valence-electron chi connectivity index (χ2n) is 11.3. The molecule has 2 fully saturated rings. The van der Waals surface area contributed by atoms with Gasteiger partial charge in [-0.05, 0) is 28.7 Å². The number of nitrogens with one attached hydrogen (secondary N) is 2. The Morgan fingerprint density at radius 2 is 1.86 bits per heavy atom. The summed E-state index contributed by atoms with van der Waals surface area (Å²) in [5.74, 6) is -3.87. The van der Waals surface area contributed by atoms with Gasteiger partial charge in [-0.1, -0.05) is 45.9 Å². The van der Waals surface area contributed by atoms with Gasteiger partial charge in [0.1, 0.15) is 18.1 Å². The zero-order valence-electron chi connectivity index (χ0n) is 21.0. The van der Waals surface area contributed by atoms with E-state index in [2.05, 4.69) is 15.6 Å². The molecule has 37 heavy (non-hydrogen) atoms. The zero-order valence-corrected chi connectivity index (χ0v) is 21.0. The fraction of sp³-hybridized carbons (Fsp3) is 0.583. The molecule has 1 saturated carbocycles. The number of carbonyl (C=O) groups excluding carboxylic acids is 3. The van der Waals surface area contributed by atoms with Crippen molar-refractivity contribution in [3.8, 4) is 6.07 Å². The number of aromatic nitrogens is 3. The molecule has 4 rings (SSSR count). The number of likely N-dealkylation sites (tertiary alicyclic amines) is 1. The molecule has 2 aromatic rings. The summed E-state index contributed by atoms with van der Waals surface area (Å²) in [6.07, 6.45) is -2.08. The number of piperidine rings is 1. The predicted molar refractivity (Wildman–Crippen MR) is 123 cm³/mol.